The molecule has 0 bridgehead atoms. The van der Waals surface area contributed by atoms with Crippen molar-refractivity contribution in [3.05, 3.63) is 33.8 Å². The molecule has 2 aliphatic heterocycles. The Balaban J connectivity index is 1.86. The number of halogens is 2. The molecule has 7 nitrogen and oxygen atoms in total. The van der Waals surface area contributed by atoms with Crippen molar-refractivity contribution in [1.82, 2.24) is 15.1 Å². The van der Waals surface area contributed by atoms with E-state index in [1.54, 1.807) is 13.0 Å². The zero-order chi connectivity index (χ0) is 24.3. The molecule has 2 heterocycles. The number of hydrogen-bond donors (Lipinski definition) is 2. The predicted molar refractivity (Wildman–Crippen MR) is 130 cm³/mol. The van der Waals surface area contributed by atoms with E-state index in [1.165, 1.54) is 4.90 Å². The fourth-order valence-corrected chi connectivity index (χ4v) is 4.95. The van der Waals surface area contributed by atoms with Gasteiger partial charge in [-0.25, -0.2) is 4.79 Å². The molecule has 3 rings (SSSR count). The molecule has 0 saturated carbocycles. The van der Waals surface area contributed by atoms with Crippen LogP contribution in [0.5, 0.6) is 0 Å². The van der Waals surface area contributed by atoms with Gasteiger partial charge >= 0.3 is 6.09 Å². The van der Waals surface area contributed by atoms with Gasteiger partial charge in [-0.2, -0.15) is 0 Å². The van der Waals surface area contributed by atoms with E-state index in [0.717, 1.165) is 31.5 Å². The van der Waals surface area contributed by atoms with E-state index in [9.17, 15) is 14.7 Å². The van der Waals surface area contributed by atoms with Gasteiger partial charge in [-0.3, -0.25) is 4.79 Å². The van der Waals surface area contributed by atoms with Crippen LogP contribution in [-0.4, -0.2) is 77.9 Å². The number of ether oxygens (including phenoxy) is 1. The molecule has 184 valence electrons. The second-order valence-electron chi connectivity index (χ2n) is 10.3. The van der Waals surface area contributed by atoms with E-state index >= 15 is 0 Å². The summed E-state index contributed by atoms with van der Waals surface area (Å²) in [4.78, 5) is 27.3. The molecule has 2 N–H and O–H groups in total. The van der Waals surface area contributed by atoms with E-state index < -0.39 is 6.09 Å². The van der Waals surface area contributed by atoms with Crippen molar-refractivity contribution >= 4 is 35.2 Å². The number of carboxylic acid groups (broad SMARTS) is 1. The van der Waals surface area contributed by atoms with E-state index in [4.69, 9.17) is 27.9 Å². The highest BCUT2D eigenvalue weighted by Crippen LogP contribution is 2.36. The maximum Gasteiger partial charge on any atom is 0.407 e. The Morgan fingerprint density at radius 1 is 1.15 bits per heavy atom. The van der Waals surface area contributed by atoms with Crippen LogP contribution >= 0.6 is 23.2 Å². The molecule has 2 saturated heterocycles. The molecule has 2 aliphatic rings. The van der Waals surface area contributed by atoms with Crippen molar-refractivity contribution in [2.24, 2.45) is 5.41 Å². The highest BCUT2D eigenvalue weighted by atomic mass is 35.5. The summed E-state index contributed by atoms with van der Waals surface area (Å²) in [5.41, 5.74) is 0.694. The number of nitrogens with one attached hydrogen (secondary N) is 1. The molecule has 0 aromatic heterocycles. The van der Waals surface area contributed by atoms with E-state index in [-0.39, 0.29) is 35.5 Å². The van der Waals surface area contributed by atoms with Crippen LogP contribution in [0.15, 0.2) is 18.2 Å². The summed E-state index contributed by atoms with van der Waals surface area (Å²) in [6.07, 6.45) is 0.354. The van der Waals surface area contributed by atoms with Crippen molar-refractivity contribution in [2.45, 2.75) is 64.7 Å². The molecule has 3 unspecified atom stereocenters. The summed E-state index contributed by atoms with van der Waals surface area (Å²) < 4.78 is 6.70. The Morgan fingerprint density at radius 3 is 2.36 bits per heavy atom. The van der Waals surface area contributed by atoms with Crippen LogP contribution in [-0.2, 0) is 9.53 Å². The minimum atomic E-state index is -0.949. The summed E-state index contributed by atoms with van der Waals surface area (Å²) in [7, 11) is 0. The van der Waals surface area contributed by atoms with Gasteiger partial charge in [0.2, 0.25) is 5.91 Å². The minimum absolute atomic E-state index is 0.00186. The average Bonchev–Trinajstić information content (AvgIpc) is 2.91. The van der Waals surface area contributed by atoms with Gasteiger partial charge in [0.05, 0.1) is 28.8 Å². The third-order valence-corrected chi connectivity index (χ3v) is 7.37. The summed E-state index contributed by atoms with van der Waals surface area (Å²) in [5, 5.41) is 13.8. The lowest BCUT2D eigenvalue weighted by molar-refractivity contribution is -0.120. The van der Waals surface area contributed by atoms with Gasteiger partial charge in [0.1, 0.15) is 0 Å². The van der Waals surface area contributed by atoms with Crippen LogP contribution in [0.3, 0.4) is 0 Å². The summed E-state index contributed by atoms with van der Waals surface area (Å²) >= 11 is 12.5. The smallest absolute Gasteiger partial charge is 0.407 e. The van der Waals surface area contributed by atoms with Gasteiger partial charge in [-0.1, -0.05) is 50.0 Å². The third-order valence-electron chi connectivity index (χ3n) is 6.63. The first kappa shape index (κ1) is 26.1. The predicted octanol–water partition coefficient (Wildman–Crippen LogP) is 4.47. The Hall–Kier alpha value is -1.54. The first-order valence-corrected chi connectivity index (χ1v) is 12.3. The van der Waals surface area contributed by atoms with E-state index in [0.29, 0.717) is 29.7 Å². The number of amides is 2. The van der Waals surface area contributed by atoms with Gasteiger partial charge in [-0.05, 0) is 36.0 Å². The monoisotopic (exact) mass is 499 g/mol. The molecule has 3 atom stereocenters. The van der Waals surface area contributed by atoms with Crippen LogP contribution in [0.25, 0.3) is 0 Å². The van der Waals surface area contributed by atoms with Crippen LogP contribution in [0, 0.1) is 5.41 Å². The maximum atomic E-state index is 12.1. The zero-order valence-electron chi connectivity index (χ0n) is 19.8. The first-order chi connectivity index (χ1) is 15.4. The Kier molecular flexibility index (Phi) is 8.54. The number of carbonyl (C=O) groups excluding carboxylic acids is 1. The normalized spacial score (nSPS) is 25.5. The number of piperidine rings is 1. The number of hydrogen-bond acceptors (Lipinski definition) is 4. The van der Waals surface area contributed by atoms with E-state index in [1.807, 2.05) is 12.1 Å². The molecule has 33 heavy (non-hydrogen) atoms. The van der Waals surface area contributed by atoms with Gasteiger partial charge in [0.25, 0.3) is 0 Å². The van der Waals surface area contributed by atoms with Crippen LogP contribution in [0.4, 0.5) is 4.79 Å². The zero-order valence-corrected chi connectivity index (χ0v) is 21.3. The van der Waals surface area contributed by atoms with Crippen molar-refractivity contribution in [2.75, 3.05) is 32.7 Å². The molecule has 2 amide bonds. The van der Waals surface area contributed by atoms with Crippen molar-refractivity contribution < 1.29 is 19.4 Å². The lowest BCUT2D eigenvalue weighted by Crippen LogP contribution is -2.48. The topological polar surface area (TPSA) is 82.1 Å². The molecular formula is C24H35Cl2N3O4. The average molecular weight is 500 g/mol. The maximum absolute atomic E-state index is 12.1. The highest BCUT2D eigenvalue weighted by molar-refractivity contribution is 6.42. The fraction of sp³-hybridized carbons (Fsp3) is 0.667. The molecule has 0 aliphatic carbocycles. The second kappa shape index (κ2) is 10.8. The molecule has 0 spiro atoms. The number of nitrogens with zero attached hydrogens (tertiary/aromatic N) is 2. The number of benzene rings is 1. The number of likely N-dealkylation sites (tertiary alicyclic amines) is 1. The number of rotatable bonds is 4. The van der Waals surface area contributed by atoms with Crippen LogP contribution in [0.2, 0.25) is 10.0 Å². The van der Waals surface area contributed by atoms with Crippen LogP contribution in [0.1, 0.15) is 52.0 Å². The molecular weight excluding hydrogens is 465 g/mol. The fourth-order valence-electron chi connectivity index (χ4n) is 4.65. The largest absolute Gasteiger partial charge is 0.465 e. The minimum Gasteiger partial charge on any atom is -0.465 e. The summed E-state index contributed by atoms with van der Waals surface area (Å²) in [6, 6.07) is 5.69. The van der Waals surface area contributed by atoms with E-state index in [2.05, 4.69) is 31.0 Å². The molecule has 1 aromatic carbocycles. The molecule has 1 aromatic rings. The highest BCUT2D eigenvalue weighted by Gasteiger charge is 2.40. The van der Waals surface area contributed by atoms with Crippen LogP contribution < -0.4 is 5.32 Å². The van der Waals surface area contributed by atoms with Gasteiger partial charge in [0, 0.05) is 45.1 Å². The van der Waals surface area contributed by atoms with Crippen molar-refractivity contribution in [1.29, 1.82) is 0 Å². The number of carbonyl (C=O) groups is 2. The van der Waals surface area contributed by atoms with Crippen molar-refractivity contribution in [3.63, 3.8) is 0 Å². The van der Waals surface area contributed by atoms with Crippen molar-refractivity contribution in [3.8, 4) is 0 Å². The molecule has 9 heteroatoms. The Labute approximate surface area is 206 Å². The quantitative estimate of drug-likeness (QED) is 0.638. The molecule has 0 radical (unpaired) electrons. The second-order valence-corrected chi connectivity index (χ2v) is 11.1. The lowest BCUT2D eigenvalue weighted by Gasteiger charge is -2.38. The lowest BCUT2D eigenvalue weighted by atomic mass is 9.88. The Morgan fingerprint density at radius 2 is 1.82 bits per heavy atom. The van der Waals surface area contributed by atoms with Gasteiger partial charge < -0.3 is 25.0 Å². The van der Waals surface area contributed by atoms with Gasteiger partial charge in [0.15, 0.2) is 0 Å². The first-order valence-electron chi connectivity index (χ1n) is 11.5. The SMILES string of the molecule is CC(=O)NC1CCN(CC2OC(C(C)(C)C)CN(C(=O)O)CC2c2ccc(Cl)c(Cl)c2)CC1. The summed E-state index contributed by atoms with van der Waals surface area (Å²) in [5.74, 6) is -0.182. The standard InChI is InChI=1S/C24H35Cl2N3O4/c1-15(30)27-17-7-9-28(10-8-17)13-21-18(16-5-6-19(25)20(26)11-16)12-29(23(31)32)14-22(33-21)24(2,3)4/h5-6,11,17-18,21-22H,7-10,12-14H2,1-4H3,(H,27,30)(H,31,32). The van der Waals surface area contributed by atoms with Gasteiger partial charge in [-0.15, -0.1) is 0 Å². The molecule has 2 fully saturated rings. The third kappa shape index (κ3) is 6.98. The summed E-state index contributed by atoms with van der Waals surface area (Å²) in [6.45, 7) is 10.8. The Bertz CT molecular complexity index is 853.